The van der Waals surface area contributed by atoms with E-state index < -0.39 is 5.97 Å². The summed E-state index contributed by atoms with van der Waals surface area (Å²) < 4.78 is 0. The molecule has 2 nitrogen and oxygen atoms in total. The van der Waals surface area contributed by atoms with Gasteiger partial charge in [-0.25, -0.2) is 0 Å². The van der Waals surface area contributed by atoms with Gasteiger partial charge < -0.3 is 5.11 Å². The van der Waals surface area contributed by atoms with Gasteiger partial charge in [-0.05, 0) is 45.4 Å². The van der Waals surface area contributed by atoms with Crippen molar-refractivity contribution < 1.29 is 9.90 Å². The molecule has 1 N–H and O–H groups in total. The second kappa shape index (κ2) is 11.2. The summed E-state index contributed by atoms with van der Waals surface area (Å²) in [6, 6.07) is 0. The number of aliphatic carboxylic acids is 1. The van der Waals surface area contributed by atoms with Crippen molar-refractivity contribution in [2.75, 3.05) is 0 Å². The highest BCUT2D eigenvalue weighted by Gasteiger charge is 1.93. The lowest BCUT2D eigenvalue weighted by molar-refractivity contribution is -0.137. The molecule has 0 saturated carbocycles. The first-order valence-electron chi connectivity index (χ1n) is 6.30. The lowest BCUT2D eigenvalue weighted by atomic mass is 10.1. The molecule has 0 heterocycles. The van der Waals surface area contributed by atoms with E-state index in [4.69, 9.17) is 5.11 Å². The largest absolute Gasteiger partial charge is 0.481 e. The summed E-state index contributed by atoms with van der Waals surface area (Å²) in [4.78, 5) is 10.3. The van der Waals surface area contributed by atoms with E-state index >= 15 is 0 Å². The molecule has 96 valence electrons. The first-order valence-corrected chi connectivity index (χ1v) is 6.30. The Labute approximate surface area is 105 Å². The standard InChI is InChI=1S/C15H24O2/c1-3-4-8-11-14(2)12-9-6-5-7-10-13-15(16)17/h3,5-6,11H,1,4,7-10,12-13H2,2H3,(H,16,17)/b6-5-,14-11+. The van der Waals surface area contributed by atoms with Crippen molar-refractivity contribution in [1.29, 1.82) is 0 Å². The maximum atomic E-state index is 10.3. The molecule has 0 aliphatic rings. The quantitative estimate of drug-likeness (QED) is 0.448. The average Bonchev–Trinajstić information content (AvgIpc) is 2.28. The maximum absolute atomic E-state index is 10.3. The molecule has 0 amide bonds. The zero-order chi connectivity index (χ0) is 12.9. The van der Waals surface area contributed by atoms with Gasteiger partial charge in [0.15, 0.2) is 0 Å². The van der Waals surface area contributed by atoms with Crippen LogP contribution < -0.4 is 0 Å². The van der Waals surface area contributed by atoms with Crippen LogP contribution in [0.5, 0.6) is 0 Å². The third kappa shape index (κ3) is 12.6. The summed E-state index contributed by atoms with van der Waals surface area (Å²) in [5.74, 6) is -0.709. The van der Waals surface area contributed by atoms with Crippen LogP contribution >= 0.6 is 0 Å². The van der Waals surface area contributed by atoms with Gasteiger partial charge in [0.25, 0.3) is 0 Å². The average molecular weight is 236 g/mol. The Kier molecular flexibility index (Phi) is 10.3. The van der Waals surface area contributed by atoms with Gasteiger partial charge >= 0.3 is 5.97 Å². The first-order chi connectivity index (χ1) is 8.16. The van der Waals surface area contributed by atoms with Crippen LogP contribution in [-0.2, 0) is 4.79 Å². The molecular formula is C15H24O2. The van der Waals surface area contributed by atoms with Crippen LogP contribution in [0.3, 0.4) is 0 Å². The van der Waals surface area contributed by atoms with Gasteiger partial charge in [-0.1, -0.05) is 29.9 Å². The highest BCUT2D eigenvalue weighted by molar-refractivity contribution is 5.66. The van der Waals surface area contributed by atoms with E-state index in [1.807, 2.05) is 6.08 Å². The zero-order valence-electron chi connectivity index (χ0n) is 10.8. The molecule has 17 heavy (non-hydrogen) atoms. The van der Waals surface area contributed by atoms with E-state index in [0.29, 0.717) is 0 Å². The van der Waals surface area contributed by atoms with Crippen LogP contribution in [-0.4, -0.2) is 11.1 Å². The third-order valence-corrected chi connectivity index (χ3v) is 2.50. The monoisotopic (exact) mass is 236 g/mol. The number of unbranched alkanes of at least 4 members (excludes halogenated alkanes) is 2. The smallest absolute Gasteiger partial charge is 0.303 e. The normalized spacial score (nSPS) is 11.9. The zero-order valence-corrected chi connectivity index (χ0v) is 10.8. The van der Waals surface area contributed by atoms with E-state index in [1.165, 1.54) is 5.57 Å². The molecule has 0 saturated heterocycles. The summed E-state index contributed by atoms with van der Waals surface area (Å²) in [5, 5.41) is 8.45. The van der Waals surface area contributed by atoms with Gasteiger partial charge in [-0.15, -0.1) is 6.58 Å². The Morgan fingerprint density at radius 1 is 1.12 bits per heavy atom. The van der Waals surface area contributed by atoms with E-state index in [9.17, 15) is 4.79 Å². The van der Waals surface area contributed by atoms with Crippen LogP contribution in [0.25, 0.3) is 0 Å². The lowest BCUT2D eigenvalue weighted by Gasteiger charge is -1.97. The van der Waals surface area contributed by atoms with Crippen LogP contribution in [0.2, 0.25) is 0 Å². The van der Waals surface area contributed by atoms with Gasteiger partial charge in [0.2, 0.25) is 0 Å². The van der Waals surface area contributed by atoms with Crippen LogP contribution in [0.4, 0.5) is 0 Å². The molecular weight excluding hydrogens is 212 g/mol. The SMILES string of the molecule is C=CCC/C=C(\C)CC/C=C\CCCC(=O)O. The highest BCUT2D eigenvalue weighted by atomic mass is 16.4. The van der Waals surface area contributed by atoms with Crippen LogP contribution in [0, 0.1) is 0 Å². The first kappa shape index (κ1) is 15.7. The molecule has 0 rings (SSSR count). The third-order valence-electron chi connectivity index (χ3n) is 2.50. The van der Waals surface area contributed by atoms with Gasteiger partial charge in [0, 0.05) is 6.42 Å². The summed E-state index contributed by atoms with van der Waals surface area (Å²) in [6.45, 7) is 5.85. The molecule has 0 aromatic rings. The Bertz CT molecular complexity index is 275. The van der Waals surface area contributed by atoms with Crippen molar-refractivity contribution in [2.45, 2.75) is 51.9 Å². The van der Waals surface area contributed by atoms with Crippen molar-refractivity contribution in [3.63, 3.8) is 0 Å². The van der Waals surface area contributed by atoms with E-state index in [1.54, 1.807) is 0 Å². The van der Waals surface area contributed by atoms with Crippen molar-refractivity contribution in [2.24, 2.45) is 0 Å². The fourth-order valence-corrected chi connectivity index (χ4v) is 1.47. The molecule has 0 radical (unpaired) electrons. The molecule has 0 aromatic heterocycles. The number of rotatable bonds is 10. The highest BCUT2D eigenvalue weighted by Crippen LogP contribution is 2.08. The van der Waals surface area contributed by atoms with Gasteiger partial charge in [-0.2, -0.15) is 0 Å². The fourth-order valence-electron chi connectivity index (χ4n) is 1.47. The van der Waals surface area contributed by atoms with Crippen molar-refractivity contribution in [3.05, 3.63) is 36.5 Å². The van der Waals surface area contributed by atoms with Gasteiger partial charge in [0.1, 0.15) is 0 Å². The fraction of sp³-hybridized carbons (Fsp3) is 0.533. The number of hydrogen-bond donors (Lipinski definition) is 1. The van der Waals surface area contributed by atoms with Crippen molar-refractivity contribution >= 4 is 5.97 Å². The molecule has 0 aromatic carbocycles. The minimum atomic E-state index is -0.709. The lowest BCUT2D eigenvalue weighted by Crippen LogP contribution is -1.92. The molecule has 0 bridgehead atoms. The molecule has 2 heteroatoms. The second-order valence-electron chi connectivity index (χ2n) is 4.21. The van der Waals surface area contributed by atoms with Gasteiger partial charge in [-0.3, -0.25) is 4.79 Å². The Morgan fingerprint density at radius 2 is 1.82 bits per heavy atom. The Morgan fingerprint density at radius 3 is 2.47 bits per heavy atom. The molecule has 0 spiro atoms. The van der Waals surface area contributed by atoms with E-state index in [2.05, 4.69) is 31.7 Å². The maximum Gasteiger partial charge on any atom is 0.303 e. The Balaban J connectivity index is 3.48. The minimum absolute atomic E-state index is 0.269. The van der Waals surface area contributed by atoms with Crippen LogP contribution in [0.1, 0.15) is 51.9 Å². The molecule has 0 aliphatic heterocycles. The van der Waals surface area contributed by atoms with Crippen molar-refractivity contribution in [3.8, 4) is 0 Å². The number of carboxylic acids is 1. The second-order valence-corrected chi connectivity index (χ2v) is 4.21. The number of hydrogen-bond acceptors (Lipinski definition) is 1. The number of carbonyl (C=O) groups is 1. The molecule has 0 atom stereocenters. The summed E-state index contributed by atoms with van der Waals surface area (Å²) >= 11 is 0. The van der Waals surface area contributed by atoms with E-state index in [0.717, 1.165) is 38.5 Å². The molecule has 0 unspecified atom stereocenters. The minimum Gasteiger partial charge on any atom is -0.481 e. The number of allylic oxidation sites excluding steroid dienone is 5. The molecule has 0 aliphatic carbocycles. The topological polar surface area (TPSA) is 37.3 Å². The van der Waals surface area contributed by atoms with E-state index in [-0.39, 0.29) is 6.42 Å². The van der Waals surface area contributed by atoms with Gasteiger partial charge in [0.05, 0.1) is 0 Å². The summed E-state index contributed by atoms with van der Waals surface area (Å²) in [6.07, 6.45) is 14.6. The predicted octanol–water partition coefficient (Wildman–Crippen LogP) is 4.49. The summed E-state index contributed by atoms with van der Waals surface area (Å²) in [7, 11) is 0. The van der Waals surface area contributed by atoms with Crippen LogP contribution in [0.15, 0.2) is 36.5 Å². The predicted molar refractivity (Wildman–Crippen MR) is 73.0 cm³/mol. The Hall–Kier alpha value is -1.31. The number of carboxylic acid groups (broad SMARTS) is 1. The van der Waals surface area contributed by atoms with Crippen molar-refractivity contribution in [1.82, 2.24) is 0 Å². The summed E-state index contributed by atoms with van der Waals surface area (Å²) in [5.41, 5.74) is 1.42. The molecule has 0 fully saturated rings.